The number of carboxylic acids is 1. The van der Waals surface area contributed by atoms with Gasteiger partial charge in [0, 0.05) is 30.1 Å². The number of carbonyl (C=O) groups is 3. The number of hydrogen-bond acceptors (Lipinski definition) is 3. The molecule has 0 aliphatic carbocycles. The second-order valence-electron chi connectivity index (χ2n) is 5.00. The van der Waals surface area contributed by atoms with Crippen LogP contribution in [0.4, 0.5) is 5.69 Å². The molecule has 3 N–H and O–H groups in total. The van der Waals surface area contributed by atoms with E-state index in [9.17, 15) is 14.4 Å². The molecule has 1 aromatic rings. The third-order valence-corrected chi connectivity index (χ3v) is 2.62. The molecule has 1 rings (SSSR count). The smallest absolute Gasteiger partial charge is 0.303 e. The van der Waals surface area contributed by atoms with Crippen LogP contribution in [0.3, 0.4) is 0 Å². The number of rotatable bonds is 7. The van der Waals surface area contributed by atoms with E-state index in [1.165, 1.54) is 0 Å². The Morgan fingerprint density at radius 2 is 1.90 bits per heavy atom. The lowest BCUT2D eigenvalue weighted by molar-refractivity contribution is -0.137. The summed E-state index contributed by atoms with van der Waals surface area (Å²) in [7, 11) is 0. The first-order chi connectivity index (χ1) is 9.88. The monoisotopic (exact) mass is 292 g/mol. The van der Waals surface area contributed by atoms with Crippen LogP contribution in [0.1, 0.15) is 43.5 Å². The Hall–Kier alpha value is -2.37. The Balaban J connectivity index is 2.58. The zero-order valence-corrected chi connectivity index (χ0v) is 12.2. The molecular formula is C15H20N2O4. The van der Waals surface area contributed by atoms with Gasteiger partial charge in [0.2, 0.25) is 5.91 Å². The lowest BCUT2D eigenvalue weighted by Gasteiger charge is -2.10. The predicted octanol–water partition coefficient (Wildman–Crippen LogP) is 2.02. The number of carbonyl (C=O) groups excluding carboxylic acids is 2. The van der Waals surface area contributed by atoms with Crippen molar-refractivity contribution in [2.24, 2.45) is 0 Å². The van der Waals surface area contributed by atoms with Crippen LogP contribution in [0.2, 0.25) is 0 Å². The van der Waals surface area contributed by atoms with E-state index in [0.29, 0.717) is 11.3 Å². The third-order valence-electron chi connectivity index (χ3n) is 2.62. The van der Waals surface area contributed by atoms with Crippen LogP contribution in [0.15, 0.2) is 24.3 Å². The van der Waals surface area contributed by atoms with Crippen LogP contribution in [-0.4, -0.2) is 28.9 Å². The molecule has 0 spiro atoms. The molecule has 21 heavy (non-hydrogen) atoms. The molecule has 0 aliphatic heterocycles. The molecule has 0 aliphatic rings. The quantitative estimate of drug-likeness (QED) is 0.716. The summed E-state index contributed by atoms with van der Waals surface area (Å²) in [6.07, 6.45) is 0.383. The van der Waals surface area contributed by atoms with Crippen molar-refractivity contribution in [3.05, 3.63) is 29.8 Å². The lowest BCUT2D eigenvalue weighted by atomic mass is 10.1. The van der Waals surface area contributed by atoms with Crippen LogP contribution in [0.25, 0.3) is 0 Å². The van der Waals surface area contributed by atoms with Gasteiger partial charge in [0.1, 0.15) is 0 Å². The van der Waals surface area contributed by atoms with Gasteiger partial charge in [-0.1, -0.05) is 6.07 Å². The van der Waals surface area contributed by atoms with E-state index >= 15 is 0 Å². The molecular weight excluding hydrogens is 272 g/mol. The van der Waals surface area contributed by atoms with Gasteiger partial charge in [0.05, 0.1) is 0 Å². The molecule has 0 saturated heterocycles. The largest absolute Gasteiger partial charge is 0.481 e. The summed E-state index contributed by atoms with van der Waals surface area (Å²) in [5.41, 5.74) is 0.985. The molecule has 0 bridgehead atoms. The summed E-state index contributed by atoms with van der Waals surface area (Å²) in [5.74, 6) is -1.39. The van der Waals surface area contributed by atoms with E-state index in [2.05, 4.69) is 10.6 Å². The molecule has 114 valence electrons. The van der Waals surface area contributed by atoms with E-state index in [-0.39, 0.29) is 37.1 Å². The number of nitrogens with one attached hydrogen (secondary N) is 2. The molecule has 0 aromatic heterocycles. The van der Waals surface area contributed by atoms with Gasteiger partial charge in [0.25, 0.3) is 5.91 Å². The van der Waals surface area contributed by atoms with Crippen LogP contribution in [-0.2, 0) is 9.59 Å². The summed E-state index contributed by atoms with van der Waals surface area (Å²) in [6.45, 7) is 3.73. The first-order valence-corrected chi connectivity index (χ1v) is 6.81. The third kappa shape index (κ3) is 6.56. The Morgan fingerprint density at radius 3 is 2.52 bits per heavy atom. The van der Waals surface area contributed by atoms with Crippen LogP contribution in [0.5, 0.6) is 0 Å². The SMILES string of the molecule is CC(C)NC(=O)c1cccc(NC(=O)CCCC(=O)O)c1. The fourth-order valence-electron chi connectivity index (χ4n) is 1.71. The number of hydrogen-bond donors (Lipinski definition) is 3. The van der Waals surface area contributed by atoms with Crippen molar-refractivity contribution in [2.75, 3.05) is 5.32 Å². The molecule has 6 nitrogen and oxygen atoms in total. The molecule has 2 amide bonds. The van der Waals surface area contributed by atoms with E-state index < -0.39 is 5.97 Å². The molecule has 1 aromatic carbocycles. The van der Waals surface area contributed by atoms with Gasteiger partial charge in [0.15, 0.2) is 0 Å². The maximum atomic E-state index is 11.9. The highest BCUT2D eigenvalue weighted by Crippen LogP contribution is 2.12. The van der Waals surface area contributed by atoms with Crippen LogP contribution < -0.4 is 10.6 Å². The Bertz CT molecular complexity index is 526. The average Bonchev–Trinajstić information content (AvgIpc) is 2.37. The van der Waals surface area contributed by atoms with E-state index in [1.54, 1.807) is 24.3 Å². The first-order valence-electron chi connectivity index (χ1n) is 6.81. The number of benzene rings is 1. The highest BCUT2D eigenvalue weighted by atomic mass is 16.4. The summed E-state index contributed by atoms with van der Waals surface area (Å²) < 4.78 is 0. The minimum Gasteiger partial charge on any atom is -0.481 e. The molecule has 0 unspecified atom stereocenters. The van der Waals surface area contributed by atoms with Crippen LogP contribution >= 0.6 is 0 Å². The summed E-state index contributed by atoms with van der Waals surface area (Å²) >= 11 is 0. The van der Waals surface area contributed by atoms with Gasteiger partial charge in [-0.3, -0.25) is 14.4 Å². The fourth-order valence-corrected chi connectivity index (χ4v) is 1.71. The number of carboxylic acid groups (broad SMARTS) is 1. The van der Waals surface area contributed by atoms with Gasteiger partial charge < -0.3 is 15.7 Å². The molecule has 0 atom stereocenters. The van der Waals surface area contributed by atoms with E-state index in [4.69, 9.17) is 5.11 Å². The summed E-state index contributed by atoms with van der Waals surface area (Å²) in [4.78, 5) is 33.9. The van der Waals surface area contributed by atoms with Gasteiger partial charge in [-0.25, -0.2) is 0 Å². The maximum Gasteiger partial charge on any atom is 0.303 e. The maximum absolute atomic E-state index is 11.9. The summed E-state index contributed by atoms with van der Waals surface area (Å²) in [5, 5.41) is 13.9. The average molecular weight is 292 g/mol. The number of aliphatic carboxylic acids is 1. The number of amides is 2. The number of anilines is 1. The Morgan fingerprint density at radius 1 is 1.19 bits per heavy atom. The van der Waals surface area contributed by atoms with Crippen molar-refractivity contribution in [2.45, 2.75) is 39.2 Å². The Labute approximate surface area is 123 Å². The van der Waals surface area contributed by atoms with Crippen molar-refractivity contribution >= 4 is 23.5 Å². The van der Waals surface area contributed by atoms with E-state index in [1.807, 2.05) is 13.8 Å². The standard InChI is InChI=1S/C15H20N2O4/c1-10(2)16-15(21)11-5-3-6-12(9-11)17-13(18)7-4-8-14(19)20/h3,5-6,9-10H,4,7-8H2,1-2H3,(H,16,21)(H,17,18)(H,19,20). The topological polar surface area (TPSA) is 95.5 Å². The van der Waals surface area contributed by atoms with Gasteiger partial charge in [-0.15, -0.1) is 0 Å². The second-order valence-corrected chi connectivity index (χ2v) is 5.00. The van der Waals surface area contributed by atoms with Crippen molar-refractivity contribution < 1.29 is 19.5 Å². The zero-order valence-electron chi connectivity index (χ0n) is 12.2. The molecule has 0 fully saturated rings. The van der Waals surface area contributed by atoms with Crippen molar-refractivity contribution in [1.82, 2.24) is 5.32 Å². The zero-order chi connectivity index (χ0) is 15.8. The molecule has 0 saturated carbocycles. The normalized spacial score (nSPS) is 10.2. The van der Waals surface area contributed by atoms with Gasteiger partial charge >= 0.3 is 5.97 Å². The minimum atomic E-state index is -0.921. The fraction of sp³-hybridized carbons (Fsp3) is 0.400. The Kier molecular flexibility index (Phi) is 6.39. The van der Waals surface area contributed by atoms with Gasteiger partial charge in [-0.05, 0) is 38.5 Å². The predicted molar refractivity (Wildman–Crippen MR) is 79.2 cm³/mol. The van der Waals surface area contributed by atoms with Crippen molar-refractivity contribution in [1.29, 1.82) is 0 Å². The summed E-state index contributed by atoms with van der Waals surface area (Å²) in [6, 6.07) is 6.65. The lowest BCUT2D eigenvalue weighted by Crippen LogP contribution is -2.30. The molecule has 6 heteroatoms. The highest BCUT2D eigenvalue weighted by molar-refractivity contribution is 5.97. The van der Waals surface area contributed by atoms with Gasteiger partial charge in [-0.2, -0.15) is 0 Å². The highest BCUT2D eigenvalue weighted by Gasteiger charge is 2.09. The van der Waals surface area contributed by atoms with Crippen molar-refractivity contribution in [3.63, 3.8) is 0 Å². The molecule has 0 radical (unpaired) electrons. The van der Waals surface area contributed by atoms with E-state index in [0.717, 1.165) is 0 Å². The van der Waals surface area contributed by atoms with Crippen molar-refractivity contribution in [3.8, 4) is 0 Å². The van der Waals surface area contributed by atoms with Crippen LogP contribution in [0, 0.1) is 0 Å². The first kappa shape index (κ1) is 16.7. The second kappa shape index (κ2) is 8.04. The molecule has 0 heterocycles. The minimum absolute atomic E-state index is 0.0340.